The molecule has 1 aliphatic carbocycles. The Balaban J connectivity index is 2.25. The van der Waals surface area contributed by atoms with Crippen LogP contribution >= 0.6 is 12.2 Å². The number of rotatable bonds is 3. The van der Waals surface area contributed by atoms with Gasteiger partial charge in [-0.05, 0) is 38.8 Å². The molecule has 1 aliphatic rings. The predicted octanol–water partition coefficient (Wildman–Crippen LogP) is 3.76. The predicted molar refractivity (Wildman–Crippen MR) is 82.2 cm³/mol. The largest absolute Gasteiger partial charge is 0.389 e. The highest BCUT2D eigenvalue weighted by molar-refractivity contribution is 7.80. The number of aryl methyl sites for hydroxylation is 1. The summed E-state index contributed by atoms with van der Waals surface area (Å²) in [6.45, 7) is 4.36. The molecule has 0 radical (unpaired) electrons. The molecule has 0 unspecified atom stereocenters. The Bertz CT molecular complexity index is 448. The van der Waals surface area contributed by atoms with Crippen molar-refractivity contribution in [1.82, 2.24) is 0 Å². The van der Waals surface area contributed by atoms with Crippen LogP contribution in [0.25, 0.3) is 0 Å². The third-order valence-electron chi connectivity index (χ3n) is 3.83. The minimum atomic E-state index is 0.188. The third kappa shape index (κ3) is 3.02. The number of nitrogens with two attached hydrogens (primary N) is 1. The molecular formula is C15H22N2S. The Kier molecular flexibility index (Phi) is 3.91. The van der Waals surface area contributed by atoms with Crippen LogP contribution in [0.15, 0.2) is 18.2 Å². The molecule has 1 saturated carbocycles. The van der Waals surface area contributed by atoms with Gasteiger partial charge < -0.3 is 11.1 Å². The quantitative estimate of drug-likeness (QED) is 0.814. The standard InChI is InChI=1S/C15H22N2S/c1-11-6-7-13(12(10-11)14(16)18)17-15(2)8-4-3-5-9-15/h6-7,10,17H,3-5,8-9H2,1-2H3,(H2,16,18). The summed E-state index contributed by atoms with van der Waals surface area (Å²) in [5.74, 6) is 0. The maximum atomic E-state index is 5.82. The van der Waals surface area contributed by atoms with Gasteiger partial charge in [0.1, 0.15) is 4.99 Å². The van der Waals surface area contributed by atoms with Crippen molar-refractivity contribution in [3.05, 3.63) is 29.3 Å². The zero-order valence-electron chi connectivity index (χ0n) is 11.3. The van der Waals surface area contributed by atoms with Gasteiger partial charge in [0.05, 0.1) is 0 Å². The van der Waals surface area contributed by atoms with Crippen molar-refractivity contribution in [2.45, 2.75) is 51.5 Å². The number of hydrogen-bond donors (Lipinski definition) is 2. The van der Waals surface area contributed by atoms with Crippen LogP contribution in [0.2, 0.25) is 0 Å². The van der Waals surface area contributed by atoms with Crippen molar-refractivity contribution < 1.29 is 0 Å². The normalized spacial score (nSPS) is 18.3. The molecular weight excluding hydrogens is 240 g/mol. The molecule has 1 aromatic rings. The van der Waals surface area contributed by atoms with E-state index in [0.29, 0.717) is 4.99 Å². The van der Waals surface area contributed by atoms with Crippen molar-refractivity contribution in [3.8, 4) is 0 Å². The maximum absolute atomic E-state index is 5.82. The van der Waals surface area contributed by atoms with Crippen LogP contribution in [-0.4, -0.2) is 10.5 Å². The van der Waals surface area contributed by atoms with E-state index in [0.717, 1.165) is 11.3 Å². The number of thiocarbonyl (C=S) groups is 1. The zero-order chi connectivity index (χ0) is 13.2. The first-order chi connectivity index (χ1) is 8.50. The molecule has 1 fully saturated rings. The van der Waals surface area contributed by atoms with E-state index in [1.54, 1.807) is 0 Å². The van der Waals surface area contributed by atoms with Crippen LogP contribution in [0.1, 0.15) is 50.2 Å². The molecule has 0 spiro atoms. The lowest BCUT2D eigenvalue weighted by Gasteiger charge is -2.36. The number of nitrogens with one attached hydrogen (secondary N) is 1. The van der Waals surface area contributed by atoms with E-state index in [1.807, 2.05) is 0 Å². The summed E-state index contributed by atoms with van der Waals surface area (Å²) in [6.07, 6.45) is 6.40. The number of hydrogen-bond acceptors (Lipinski definition) is 2. The highest BCUT2D eigenvalue weighted by Gasteiger charge is 2.27. The zero-order valence-corrected chi connectivity index (χ0v) is 12.1. The van der Waals surface area contributed by atoms with E-state index in [4.69, 9.17) is 18.0 Å². The average molecular weight is 262 g/mol. The summed E-state index contributed by atoms with van der Waals surface area (Å²) in [6, 6.07) is 6.27. The summed E-state index contributed by atoms with van der Waals surface area (Å²) in [5, 5.41) is 3.67. The van der Waals surface area contributed by atoms with Gasteiger partial charge in [-0.3, -0.25) is 0 Å². The van der Waals surface area contributed by atoms with Crippen molar-refractivity contribution in [1.29, 1.82) is 0 Å². The van der Waals surface area contributed by atoms with Gasteiger partial charge in [0.15, 0.2) is 0 Å². The fourth-order valence-corrected chi connectivity index (χ4v) is 2.92. The fraction of sp³-hybridized carbons (Fsp3) is 0.533. The highest BCUT2D eigenvalue weighted by atomic mass is 32.1. The Labute approximate surface area is 115 Å². The molecule has 18 heavy (non-hydrogen) atoms. The van der Waals surface area contributed by atoms with Crippen molar-refractivity contribution >= 4 is 22.9 Å². The maximum Gasteiger partial charge on any atom is 0.106 e. The van der Waals surface area contributed by atoms with Crippen LogP contribution in [0.4, 0.5) is 5.69 Å². The van der Waals surface area contributed by atoms with E-state index in [2.05, 4.69) is 37.4 Å². The van der Waals surface area contributed by atoms with E-state index in [9.17, 15) is 0 Å². The number of benzene rings is 1. The van der Waals surface area contributed by atoms with Crippen molar-refractivity contribution in [3.63, 3.8) is 0 Å². The van der Waals surface area contributed by atoms with Crippen LogP contribution < -0.4 is 11.1 Å². The Morgan fingerprint density at radius 1 is 1.28 bits per heavy atom. The third-order valence-corrected chi connectivity index (χ3v) is 4.05. The molecule has 3 heteroatoms. The van der Waals surface area contributed by atoms with Crippen LogP contribution in [0.5, 0.6) is 0 Å². The molecule has 1 aromatic carbocycles. The Morgan fingerprint density at radius 3 is 2.56 bits per heavy atom. The summed E-state index contributed by atoms with van der Waals surface area (Å²) >= 11 is 5.15. The summed E-state index contributed by atoms with van der Waals surface area (Å²) in [7, 11) is 0. The van der Waals surface area contributed by atoms with Crippen molar-refractivity contribution in [2.75, 3.05) is 5.32 Å². The fourth-order valence-electron chi connectivity index (χ4n) is 2.75. The molecule has 0 aromatic heterocycles. The molecule has 0 bridgehead atoms. The summed E-state index contributed by atoms with van der Waals surface area (Å²) < 4.78 is 0. The molecule has 98 valence electrons. The second-order valence-electron chi connectivity index (χ2n) is 5.66. The topological polar surface area (TPSA) is 38.0 Å². The second-order valence-corrected chi connectivity index (χ2v) is 6.10. The van der Waals surface area contributed by atoms with Gasteiger partial charge in [-0.25, -0.2) is 0 Å². The first-order valence-electron chi connectivity index (χ1n) is 6.69. The van der Waals surface area contributed by atoms with E-state index in [-0.39, 0.29) is 5.54 Å². The first-order valence-corrected chi connectivity index (χ1v) is 7.10. The van der Waals surface area contributed by atoms with Gasteiger partial charge in [-0.15, -0.1) is 0 Å². The van der Waals surface area contributed by atoms with Gasteiger partial charge >= 0.3 is 0 Å². The lowest BCUT2D eigenvalue weighted by molar-refractivity contribution is 0.349. The van der Waals surface area contributed by atoms with Gasteiger partial charge in [0.2, 0.25) is 0 Å². The molecule has 3 N–H and O–H groups in total. The van der Waals surface area contributed by atoms with Crippen LogP contribution in [0, 0.1) is 6.92 Å². The van der Waals surface area contributed by atoms with Crippen molar-refractivity contribution in [2.24, 2.45) is 5.73 Å². The molecule has 2 nitrogen and oxygen atoms in total. The lowest BCUT2D eigenvalue weighted by atomic mass is 9.83. The number of anilines is 1. The van der Waals surface area contributed by atoms with Gasteiger partial charge in [-0.1, -0.05) is 43.1 Å². The van der Waals surface area contributed by atoms with E-state index >= 15 is 0 Å². The Hall–Kier alpha value is -1.09. The first kappa shape index (κ1) is 13.3. The highest BCUT2D eigenvalue weighted by Crippen LogP contribution is 2.32. The summed E-state index contributed by atoms with van der Waals surface area (Å²) in [5.41, 5.74) is 9.25. The molecule has 0 heterocycles. The van der Waals surface area contributed by atoms with Crippen LogP contribution in [-0.2, 0) is 0 Å². The Morgan fingerprint density at radius 2 is 1.94 bits per heavy atom. The SMILES string of the molecule is Cc1ccc(NC2(C)CCCCC2)c(C(N)=S)c1. The lowest BCUT2D eigenvalue weighted by Crippen LogP contribution is -2.37. The average Bonchev–Trinajstić information content (AvgIpc) is 2.32. The van der Waals surface area contributed by atoms with Gasteiger partial charge in [0, 0.05) is 16.8 Å². The minimum absolute atomic E-state index is 0.188. The van der Waals surface area contributed by atoms with Crippen LogP contribution in [0.3, 0.4) is 0 Å². The molecule has 0 amide bonds. The summed E-state index contributed by atoms with van der Waals surface area (Å²) in [4.78, 5) is 0.473. The smallest absolute Gasteiger partial charge is 0.106 e. The molecule has 0 atom stereocenters. The monoisotopic (exact) mass is 262 g/mol. The van der Waals surface area contributed by atoms with E-state index in [1.165, 1.54) is 37.7 Å². The van der Waals surface area contributed by atoms with E-state index < -0.39 is 0 Å². The molecule has 0 saturated heterocycles. The van der Waals surface area contributed by atoms with Gasteiger partial charge in [0.25, 0.3) is 0 Å². The molecule has 0 aliphatic heterocycles. The molecule has 2 rings (SSSR count). The minimum Gasteiger partial charge on any atom is -0.389 e. The second kappa shape index (κ2) is 5.27. The van der Waals surface area contributed by atoms with Gasteiger partial charge in [-0.2, -0.15) is 0 Å².